The van der Waals surface area contributed by atoms with Gasteiger partial charge < -0.3 is 0 Å². The van der Waals surface area contributed by atoms with Gasteiger partial charge in [0, 0.05) is 0 Å². The first kappa shape index (κ1) is 11.7. The molecule has 0 bridgehead atoms. The maximum Gasteiger partial charge on any atom is 0.262 e. The molecule has 0 aromatic heterocycles. The van der Waals surface area contributed by atoms with Crippen LogP contribution in [0.5, 0.6) is 0 Å². The molecule has 0 atom stereocenters. The zero-order chi connectivity index (χ0) is 11.3. The number of hydrogen-bond donors (Lipinski definition) is 1. The largest absolute Gasteiger partial charge is 0.287 e. The molecule has 1 rings (SSSR count). The van der Waals surface area contributed by atoms with Crippen molar-refractivity contribution >= 4 is 10.0 Å². The average Bonchev–Trinajstić information content (AvgIpc) is 2.26. The van der Waals surface area contributed by atoms with Gasteiger partial charge in [0.1, 0.15) is 0 Å². The van der Waals surface area contributed by atoms with Crippen molar-refractivity contribution < 1.29 is 13.3 Å². The standard InChI is InChI=1S/C9H10N2O3S/c1-2-14-11-15(12,13)9-5-3-8(7-10)4-6-9/h3-6,11H,2H2,1H3. The van der Waals surface area contributed by atoms with E-state index in [0.717, 1.165) is 0 Å². The van der Waals surface area contributed by atoms with E-state index < -0.39 is 10.0 Å². The molecule has 80 valence electrons. The molecule has 1 aromatic carbocycles. The van der Waals surface area contributed by atoms with Crippen LogP contribution in [-0.4, -0.2) is 15.0 Å². The van der Waals surface area contributed by atoms with Crippen LogP contribution in [-0.2, 0) is 14.9 Å². The Hall–Kier alpha value is -1.42. The highest BCUT2D eigenvalue weighted by molar-refractivity contribution is 7.89. The predicted molar refractivity (Wildman–Crippen MR) is 53.1 cm³/mol. The molecule has 0 amide bonds. The zero-order valence-corrected chi connectivity index (χ0v) is 8.91. The number of benzene rings is 1. The molecule has 0 fully saturated rings. The van der Waals surface area contributed by atoms with Crippen molar-refractivity contribution in [1.82, 2.24) is 4.89 Å². The van der Waals surface area contributed by atoms with Gasteiger partial charge in [0.25, 0.3) is 10.0 Å². The normalized spacial score (nSPS) is 10.9. The van der Waals surface area contributed by atoms with Gasteiger partial charge in [0.2, 0.25) is 0 Å². The zero-order valence-electron chi connectivity index (χ0n) is 8.10. The smallest absolute Gasteiger partial charge is 0.262 e. The van der Waals surface area contributed by atoms with Crippen LogP contribution in [0.15, 0.2) is 29.2 Å². The maximum atomic E-state index is 11.5. The third-order valence-corrected chi connectivity index (χ3v) is 2.84. The van der Waals surface area contributed by atoms with Gasteiger partial charge in [-0.1, -0.05) is 4.89 Å². The van der Waals surface area contributed by atoms with Crippen LogP contribution in [0.1, 0.15) is 12.5 Å². The third-order valence-electron chi connectivity index (χ3n) is 1.61. The number of nitriles is 1. The van der Waals surface area contributed by atoms with Gasteiger partial charge in [-0.25, -0.2) is 8.42 Å². The fourth-order valence-electron chi connectivity index (χ4n) is 0.893. The second-order valence-corrected chi connectivity index (χ2v) is 4.30. The lowest BCUT2D eigenvalue weighted by Gasteiger charge is -2.04. The molecular formula is C9H10N2O3S. The lowest BCUT2D eigenvalue weighted by Crippen LogP contribution is -2.23. The van der Waals surface area contributed by atoms with Crippen LogP contribution in [0.4, 0.5) is 0 Å². The maximum absolute atomic E-state index is 11.5. The second kappa shape index (κ2) is 4.89. The summed E-state index contributed by atoms with van der Waals surface area (Å²) in [4.78, 5) is 6.62. The van der Waals surface area contributed by atoms with Gasteiger partial charge >= 0.3 is 0 Å². The number of sulfonamides is 1. The molecule has 6 heteroatoms. The van der Waals surface area contributed by atoms with Gasteiger partial charge in [-0.05, 0) is 31.2 Å². The third kappa shape index (κ3) is 3.02. The summed E-state index contributed by atoms with van der Waals surface area (Å²) in [6.07, 6.45) is 0. The Kier molecular flexibility index (Phi) is 3.80. The van der Waals surface area contributed by atoms with Gasteiger partial charge in [-0.15, -0.1) is 0 Å². The average molecular weight is 226 g/mol. The Labute approximate surface area is 88.3 Å². The molecule has 0 heterocycles. The van der Waals surface area contributed by atoms with Crippen molar-refractivity contribution in [2.45, 2.75) is 11.8 Å². The highest BCUT2D eigenvalue weighted by atomic mass is 32.2. The van der Waals surface area contributed by atoms with Crippen LogP contribution in [0.25, 0.3) is 0 Å². The molecule has 5 nitrogen and oxygen atoms in total. The molecular weight excluding hydrogens is 216 g/mol. The van der Waals surface area contributed by atoms with Gasteiger partial charge in [0.15, 0.2) is 0 Å². The quantitative estimate of drug-likeness (QED) is 0.770. The first-order valence-corrected chi connectivity index (χ1v) is 5.72. The van der Waals surface area contributed by atoms with E-state index in [2.05, 4.69) is 4.84 Å². The number of nitrogens with one attached hydrogen (secondary N) is 1. The van der Waals surface area contributed by atoms with Crippen molar-refractivity contribution in [3.63, 3.8) is 0 Å². The monoisotopic (exact) mass is 226 g/mol. The molecule has 0 aliphatic rings. The van der Waals surface area contributed by atoms with Crippen LogP contribution in [0, 0.1) is 11.3 Å². The van der Waals surface area contributed by atoms with Gasteiger partial charge in [0.05, 0.1) is 23.1 Å². The Morgan fingerprint density at radius 3 is 2.47 bits per heavy atom. The van der Waals surface area contributed by atoms with Crippen molar-refractivity contribution in [1.29, 1.82) is 5.26 Å². The van der Waals surface area contributed by atoms with E-state index in [1.165, 1.54) is 24.3 Å². The second-order valence-electron chi connectivity index (χ2n) is 2.66. The van der Waals surface area contributed by atoms with E-state index >= 15 is 0 Å². The van der Waals surface area contributed by atoms with Crippen molar-refractivity contribution in [2.75, 3.05) is 6.61 Å². The van der Waals surface area contributed by atoms with E-state index in [1.807, 2.05) is 11.0 Å². The first-order valence-electron chi connectivity index (χ1n) is 4.24. The minimum atomic E-state index is -3.63. The lowest BCUT2D eigenvalue weighted by molar-refractivity contribution is 0.105. The molecule has 0 aliphatic carbocycles. The van der Waals surface area contributed by atoms with E-state index in [9.17, 15) is 8.42 Å². The van der Waals surface area contributed by atoms with Gasteiger partial charge in [-0.3, -0.25) is 4.84 Å². The minimum absolute atomic E-state index is 0.0648. The number of hydrogen-bond acceptors (Lipinski definition) is 4. The van der Waals surface area contributed by atoms with Crippen LogP contribution < -0.4 is 4.89 Å². The fraction of sp³-hybridized carbons (Fsp3) is 0.222. The van der Waals surface area contributed by atoms with Gasteiger partial charge in [-0.2, -0.15) is 5.26 Å². The topological polar surface area (TPSA) is 79.2 Å². The Morgan fingerprint density at radius 2 is 2.00 bits per heavy atom. The van der Waals surface area contributed by atoms with E-state index in [4.69, 9.17) is 5.26 Å². The summed E-state index contributed by atoms with van der Waals surface area (Å²) in [6.45, 7) is 1.91. The molecule has 1 N–H and O–H groups in total. The lowest BCUT2D eigenvalue weighted by atomic mass is 10.2. The van der Waals surface area contributed by atoms with Crippen molar-refractivity contribution in [3.8, 4) is 6.07 Å². The highest BCUT2D eigenvalue weighted by Crippen LogP contribution is 2.09. The Bertz CT molecular complexity index is 459. The summed E-state index contributed by atoms with van der Waals surface area (Å²) in [5.41, 5.74) is 0.408. The Balaban J connectivity index is 2.92. The van der Waals surface area contributed by atoms with E-state index in [-0.39, 0.29) is 11.5 Å². The van der Waals surface area contributed by atoms with Crippen LogP contribution in [0.2, 0.25) is 0 Å². The predicted octanol–water partition coefficient (Wildman–Crippen LogP) is 0.788. The molecule has 1 aromatic rings. The highest BCUT2D eigenvalue weighted by Gasteiger charge is 2.13. The first-order chi connectivity index (χ1) is 7.10. The molecule has 0 aliphatic heterocycles. The molecule has 15 heavy (non-hydrogen) atoms. The number of rotatable bonds is 4. The molecule has 0 saturated heterocycles. The fourth-order valence-corrected chi connectivity index (χ4v) is 1.76. The Morgan fingerprint density at radius 1 is 1.40 bits per heavy atom. The summed E-state index contributed by atoms with van der Waals surface area (Å²) >= 11 is 0. The van der Waals surface area contributed by atoms with Crippen LogP contribution >= 0.6 is 0 Å². The van der Waals surface area contributed by atoms with E-state index in [1.54, 1.807) is 6.92 Å². The molecule has 0 radical (unpaired) electrons. The van der Waals surface area contributed by atoms with Crippen LogP contribution in [0.3, 0.4) is 0 Å². The molecule has 0 spiro atoms. The van der Waals surface area contributed by atoms with E-state index in [0.29, 0.717) is 5.56 Å². The molecule has 0 unspecified atom stereocenters. The summed E-state index contributed by atoms with van der Waals surface area (Å²) in [6, 6.07) is 7.46. The summed E-state index contributed by atoms with van der Waals surface area (Å²) < 4.78 is 22.9. The van der Waals surface area contributed by atoms with Crippen molar-refractivity contribution in [2.24, 2.45) is 0 Å². The summed E-state index contributed by atoms with van der Waals surface area (Å²) in [7, 11) is -3.63. The summed E-state index contributed by atoms with van der Waals surface area (Å²) in [5.74, 6) is 0. The SMILES string of the molecule is CCONS(=O)(=O)c1ccc(C#N)cc1. The van der Waals surface area contributed by atoms with Crippen molar-refractivity contribution in [3.05, 3.63) is 29.8 Å². The number of nitrogens with zero attached hydrogens (tertiary/aromatic N) is 1. The summed E-state index contributed by atoms with van der Waals surface area (Å²) in [5, 5.41) is 8.53. The minimum Gasteiger partial charge on any atom is -0.287 e. The molecule has 0 saturated carbocycles.